The summed E-state index contributed by atoms with van der Waals surface area (Å²) in [6, 6.07) is 4.13. The van der Waals surface area contributed by atoms with E-state index in [0.29, 0.717) is 16.5 Å². The van der Waals surface area contributed by atoms with Gasteiger partial charge in [0.15, 0.2) is 6.19 Å². The average molecular weight is 226 g/mol. The van der Waals surface area contributed by atoms with Gasteiger partial charge >= 0.3 is 6.03 Å². The number of rotatable bonds is 2. The summed E-state index contributed by atoms with van der Waals surface area (Å²) < 4.78 is 5.00. The van der Waals surface area contributed by atoms with Crippen LogP contribution in [0.15, 0.2) is 18.2 Å². The van der Waals surface area contributed by atoms with Crippen LogP contribution in [0.3, 0.4) is 0 Å². The Balaban J connectivity index is 2.88. The van der Waals surface area contributed by atoms with Crippen LogP contribution < -0.4 is 15.4 Å². The van der Waals surface area contributed by atoms with E-state index in [1.54, 1.807) is 12.1 Å². The number of ether oxygens (including phenoxy) is 1. The molecule has 0 radical (unpaired) electrons. The number of benzene rings is 1. The molecule has 0 aliphatic heterocycles. The minimum absolute atomic E-state index is 0.401. The maximum absolute atomic E-state index is 11.0. The molecule has 6 heteroatoms. The second kappa shape index (κ2) is 5.08. The van der Waals surface area contributed by atoms with E-state index < -0.39 is 6.03 Å². The first-order chi connectivity index (χ1) is 7.17. The molecule has 2 amide bonds. The van der Waals surface area contributed by atoms with Gasteiger partial charge in [-0.1, -0.05) is 11.6 Å². The number of nitrogens with one attached hydrogen (secondary N) is 2. The second-order valence-electron chi connectivity index (χ2n) is 2.54. The van der Waals surface area contributed by atoms with Gasteiger partial charge in [0.05, 0.1) is 12.8 Å². The predicted molar refractivity (Wildman–Crippen MR) is 55.8 cm³/mol. The lowest BCUT2D eigenvalue weighted by molar-refractivity contribution is 0.255. The summed E-state index contributed by atoms with van der Waals surface area (Å²) in [6.45, 7) is 0. The van der Waals surface area contributed by atoms with Crippen LogP contribution in [0.5, 0.6) is 5.75 Å². The van der Waals surface area contributed by atoms with Gasteiger partial charge in [0.25, 0.3) is 0 Å². The smallest absolute Gasteiger partial charge is 0.332 e. The molecule has 0 aromatic heterocycles. The van der Waals surface area contributed by atoms with Crippen molar-refractivity contribution in [2.45, 2.75) is 0 Å². The molecule has 1 aromatic carbocycles. The normalized spacial score (nSPS) is 8.87. The minimum Gasteiger partial charge on any atom is -0.495 e. The van der Waals surface area contributed by atoms with E-state index in [9.17, 15) is 4.79 Å². The number of hydrogen-bond donors (Lipinski definition) is 2. The molecule has 15 heavy (non-hydrogen) atoms. The number of nitrogens with zero attached hydrogens (tertiary/aromatic N) is 1. The lowest BCUT2D eigenvalue weighted by Crippen LogP contribution is -2.24. The van der Waals surface area contributed by atoms with Crippen LogP contribution in [0.2, 0.25) is 5.02 Å². The number of carbonyl (C=O) groups is 1. The quantitative estimate of drug-likeness (QED) is 0.597. The van der Waals surface area contributed by atoms with E-state index in [-0.39, 0.29) is 0 Å². The van der Waals surface area contributed by atoms with Gasteiger partial charge < -0.3 is 10.1 Å². The molecule has 0 heterocycles. The molecular formula is C9H8ClN3O2. The molecule has 0 fully saturated rings. The standard InChI is InChI=1S/C9H8ClN3O2/c1-15-8-3-2-6(10)4-7(8)13-9(14)12-5-11/h2-4H,1H3,(H2,12,13,14). The zero-order chi connectivity index (χ0) is 11.3. The number of urea groups is 1. The SMILES string of the molecule is COc1ccc(Cl)cc1NC(=O)NC#N. The average Bonchev–Trinajstić information content (AvgIpc) is 2.18. The maximum atomic E-state index is 11.0. The Morgan fingerprint density at radius 1 is 1.60 bits per heavy atom. The van der Waals surface area contributed by atoms with Crippen molar-refractivity contribution in [2.75, 3.05) is 12.4 Å². The van der Waals surface area contributed by atoms with E-state index in [2.05, 4.69) is 5.32 Å². The summed E-state index contributed by atoms with van der Waals surface area (Å²) in [6.07, 6.45) is 1.50. The first-order valence-electron chi connectivity index (χ1n) is 3.97. The van der Waals surface area contributed by atoms with E-state index in [4.69, 9.17) is 21.6 Å². The zero-order valence-electron chi connectivity index (χ0n) is 7.87. The Labute approximate surface area is 91.6 Å². The highest BCUT2D eigenvalue weighted by atomic mass is 35.5. The third kappa shape index (κ3) is 3.04. The molecule has 0 saturated heterocycles. The van der Waals surface area contributed by atoms with Gasteiger partial charge in [-0.15, -0.1) is 0 Å². The van der Waals surface area contributed by atoms with Crippen LogP contribution >= 0.6 is 11.6 Å². The highest BCUT2D eigenvalue weighted by Crippen LogP contribution is 2.27. The third-order valence-corrected chi connectivity index (χ3v) is 1.81. The fourth-order valence-electron chi connectivity index (χ4n) is 0.982. The van der Waals surface area contributed by atoms with Crippen LogP contribution in [0.4, 0.5) is 10.5 Å². The van der Waals surface area contributed by atoms with Crippen LogP contribution in [-0.4, -0.2) is 13.1 Å². The second-order valence-corrected chi connectivity index (χ2v) is 2.97. The molecule has 1 aromatic rings. The topological polar surface area (TPSA) is 74.2 Å². The monoisotopic (exact) mass is 225 g/mol. The van der Waals surface area contributed by atoms with Crippen LogP contribution in [0, 0.1) is 11.5 Å². The Morgan fingerprint density at radius 3 is 2.93 bits per heavy atom. The molecule has 0 unspecified atom stereocenters. The number of halogens is 1. The highest BCUT2D eigenvalue weighted by molar-refractivity contribution is 6.31. The molecule has 0 atom stereocenters. The van der Waals surface area contributed by atoms with Crippen molar-refractivity contribution in [3.05, 3.63) is 23.2 Å². The van der Waals surface area contributed by atoms with Gasteiger partial charge in [-0.2, -0.15) is 5.26 Å². The van der Waals surface area contributed by atoms with Gasteiger partial charge in [-0.25, -0.2) is 10.1 Å². The number of nitriles is 1. The van der Waals surface area contributed by atoms with Crippen molar-refractivity contribution in [3.63, 3.8) is 0 Å². The predicted octanol–water partition coefficient (Wildman–Crippen LogP) is 1.95. The fourth-order valence-corrected chi connectivity index (χ4v) is 1.15. The third-order valence-electron chi connectivity index (χ3n) is 1.58. The summed E-state index contributed by atoms with van der Waals surface area (Å²) in [5.74, 6) is 0.465. The van der Waals surface area contributed by atoms with E-state index in [1.165, 1.54) is 19.4 Å². The Bertz CT molecular complexity index is 414. The molecule has 1 rings (SSSR count). The summed E-state index contributed by atoms with van der Waals surface area (Å²) in [5, 5.41) is 13.0. The number of carbonyl (C=O) groups excluding carboxylic acids is 1. The fraction of sp³-hybridized carbons (Fsp3) is 0.111. The van der Waals surface area contributed by atoms with Gasteiger partial charge in [0.1, 0.15) is 5.75 Å². The Hall–Kier alpha value is -1.93. The number of amides is 2. The molecule has 0 aliphatic rings. The van der Waals surface area contributed by atoms with Crippen LogP contribution in [-0.2, 0) is 0 Å². The van der Waals surface area contributed by atoms with E-state index in [0.717, 1.165) is 0 Å². The van der Waals surface area contributed by atoms with Crippen LogP contribution in [0.25, 0.3) is 0 Å². The Kier molecular flexibility index (Phi) is 3.77. The summed E-state index contributed by atoms with van der Waals surface area (Å²) in [4.78, 5) is 11.0. The van der Waals surface area contributed by atoms with Gasteiger partial charge in [-0.05, 0) is 18.2 Å². The van der Waals surface area contributed by atoms with Gasteiger partial charge in [-0.3, -0.25) is 0 Å². The minimum atomic E-state index is -0.641. The molecule has 78 valence electrons. The first kappa shape index (κ1) is 11.1. The molecule has 0 saturated carbocycles. The number of hydrogen-bond acceptors (Lipinski definition) is 3. The van der Waals surface area contributed by atoms with Crippen molar-refractivity contribution < 1.29 is 9.53 Å². The molecule has 0 spiro atoms. The zero-order valence-corrected chi connectivity index (χ0v) is 8.63. The first-order valence-corrected chi connectivity index (χ1v) is 4.35. The molecular weight excluding hydrogens is 218 g/mol. The number of methoxy groups -OCH3 is 1. The van der Waals surface area contributed by atoms with Crippen molar-refractivity contribution in [3.8, 4) is 11.9 Å². The summed E-state index contributed by atoms with van der Waals surface area (Å²) >= 11 is 5.74. The lowest BCUT2D eigenvalue weighted by Gasteiger charge is -2.09. The lowest BCUT2D eigenvalue weighted by atomic mass is 10.3. The van der Waals surface area contributed by atoms with Crippen LogP contribution in [0.1, 0.15) is 0 Å². The Morgan fingerprint density at radius 2 is 2.33 bits per heavy atom. The van der Waals surface area contributed by atoms with Crippen molar-refractivity contribution in [1.82, 2.24) is 5.32 Å². The van der Waals surface area contributed by atoms with Crippen molar-refractivity contribution in [2.24, 2.45) is 0 Å². The van der Waals surface area contributed by atoms with E-state index >= 15 is 0 Å². The van der Waals surface area contributed by atoms with E-state index in [1.807, 2.05) is 5.32 Å². The van der Waals surface area contributed by atoms with Crippen molar-refractivity contribution >= 4 is 23.3 Å². The number of anilines is 1. The maximum Gasteiger partial charge on any atom is 0.332 e. The largest absolute Gasteiger partial charge is 0.495 e. The summed E-state index contributed by atoms with van der Waals surface area (Å²) in [5.41, 5.74) is 0.401. The molecule has 0 aliphatic carbocycles. The molecule has 2 N–H and O–H groups in total. The van der Waals surface area contributed by atoms with Gasteiger partial charge in [0, 0.05) is 5.02 Å². The molecule has 0 bridgehead atoms. The van der Waals surface area contributed by atoms with Gasteiger partial charge in [0.2, 0.25) is 0 Å². The molecule has 5 nitrogen and oxygen atoms in total. The summed E-state index contributed by atoms with van der Waals surface area (Å²) in [7, 11) is 1.47. The van der Waals surface area contributed by atoms with Crippen molar-refractivity contribution in [1.29, 1.82) is 5.26 Å². The highest BCUT2D eigenvalue weighted by Gasteiger charge is 2.07.